The predicted octanol–water partition coefficient (Wildman–Crippen LogP) is 2.05. The Bertz CT molecular complexity index is 540. The molecule has 0 saturated heterocycles. The fourth-order valence-electron chi connectivity index (χ4n) is 4.47. The van der Waals surface area contributed by atoms with Crippen LogP contribution < -0.4 is 4.90 Å². The minimum absolute atomic E-state index is 0.372. The second-order valence-corrected chi connectivity index (χ2v) is 6.27. The van der Waals surface area contributed by atoms with Gasteiger partial charge in [-0.05, 0) is 18.8 Å². The van der Waals surface area contributed by atoms with Crippen molar-refractivity contribution in [1.29, 1.82) is 0 Å². The molecule has 1 aliphatic carbocycles. The van der Waals surface area contributed by atoms with Crippen molar-refractivity contribution in [3.05, 3.63) is 24.8 Å². The number of anilines is 1. The van der Waals surface area contributed by atoms with E-state index in [1.54, 1.807) is 0 Å². The second-order valence-electron chi connectivity index (χ2n) is 6.27. The molecule has 0 N–H and O–H groups in total. The topological polar surface area (TPSA) is 33.5 Å². The maximum absolute atomic E-state index is 5.72. The molecular weight excluding hydrogens is 252 g/mol. The third-order valence-electron chi connectivity index (χ3n) is 5.43. The van der Waals surface area contributed by atoms with E-state index < -0.39 is 0 Å². The summed E-state index contributed by atoms with van der Waals surface area (Å²) in [5, 5.41) is 0. The number of fused-ring (bicyclic) bond motifs is 6. The molecule has 108 valence electrons. The summed E-state index contributed by atoms with van der Waals surface area (Å²) in [7, 11) is 4.02. The van der Waals surface area contributed by atoms with Gasteiger partial charge in [0.05, 0.1) is 6.10 Å². The molecule has 1 aromatic heterocycles. The normalized spacial score (nSPS) is 38.6. The number of rotatable bonds is 1. The van der Waals surface area contributed by atoms with Crippen LogP contribution in [0, 0.1) is 11.8 Å². The molecule has 5 atom stereocenters. The van der Waals surface area contributed by atoms with Crippen LogP contribution in [0.3, 0.4) is 0 Å². The van der Waals surface area contributed by atoms with Crippen molar-refractivity contribution in [2.45, 2.75) is 38.1 Å². The Labute approximate surface area is 119 Å². The molecule has 0 aromatic carbocycles. The first-order valence-corrected chi connectivity index (χ1v) is 7.46. The second kappa shape index (κ2) is 4.25. The summed E-state index contributed by atoms with van der Waals surface area (Å²) in [5.41, 5.74) is 0. The number of aromatic nitrogens is 2. The Morgan fingerprint density at radius 3 is 2.95 bits per heavy atom. The molecular formula is C15H22N4O. The van der Waals surface area contributed by atoms with E-state index in [0.29, 0.717) is 30.1 Å². The molecule has 5 heteroatoms. The molecule has 0 radical (unpaired) electrons. The zero-order valence-electron chi connectivity index (χ0n) is 12.3. The highest BCUT2D eigenvalue weighted by atomic mass is 16.5. The molecule has 1 saturated carbocycles. The highest BCUT2D eigenvalue weighted by Crippen LogP contribution is 2.49. The Morgan fingerprint density at radius 2 is 2.15 bits per heavy atom. The molecule has 1 aromatic rings. The standard InChI is InChI=1S/C15H22N4O/c1-10-12(20-3)5-4-11-13(10)14-17(2)8-9-19(14)15-16-6-7-18(11)15/h6-14H,4-5H2,1-3H3. The van der Waals surface area contributed by atoms with Gasteiger partial charge in [0.1, 0.15) is 6.17 Å². The number of hydrogen-bond donors (Lipinski definition) is 0. The van der Waals surface area contributed by atoms with Gasteiger partial charge in [-0.3, -0.25) is 4.90 Å². The zero-order valence-corrected chi connectivity index (χ0v) is 12.3. The van der Waals surface area contributed by atoms with E-state index in [1.807, 2.05) is 13.3 Å². The Kier molecular flexibility index (Phi) is 2.61. The molecule has 4 rings (SSSR count). The summed E-state index contributed by atoms with van der Waals surface area (Å²) in [6.07, 6.45) is 11.4. The minimum atomic E-state index is 0.372. The Morgan fingerprint density at radius 1 is 1.30 bits per heavy atom. The van der Waals surface area contributed by atoms with Crippen molar-refractivity contribution < 1.29 is 4.74 Å². The van der Waals surface area contributed by atoms with E-state index in [4.69, 9.17) is 4.74 Å². The summed E-state index contributed by atoms with van der Waals surface area (Å²) < 4.78 is 8.09. The minimum Gasteiger partial charge on any atom is -0.381 e. The maximum Gasteiger partial charge on any atom is 0.211 e. The molecule has 0 amide bonds. The largest absolute Gasteiger partial charge is 0.381 e. The molecule has 1 fully saturated rings. The van der Waals surface area contributed by atoms with Crippen LogP contribution >= 0.6 is 0 Å². The SMILES string of the molecule is COC1CCC2C(C1C)C1N(C)C=CN1c1nccn12. The smallest absolute Gasteiger partial charge is 0.211 e. The quantitative estimate of drug-likeness (QED) is 0.785. The maximum atomic E-state index is 5.72. The Hall–Kier alpha value is -1.49. The van der Waals surface area contributed by atoms with Gasteiger partial charge in [0.2, 0.25) is 5.95 Å². The third-order valence-corrected chi connectivity index (χ3v) is 5.43. The van der Waals surface area contributed by atoms with Gasteiger partial charge in [0, 0.05) is 50.9 Å². The first-order valence-electron chi connectivity index (χ1n) is 7.46. The average Bonchev–Trinajstić information content (AvgIpc) is 3.06. The average molecular weight is 274 g/mol. The van der Waals surface area contributed by atoms with E-state index in [2.05, 4.69) is 51.9 Å². The van der Waals surface area contributed by atoms with Gasteiger partial charge in [-0.25, -0.2) is 4.98 Å². The van der Waals surface area contributed by atoms with E-state index >= 15 is 0 Å². The molecule has 5 nitrogen and oxygen atoms in total. The predicted molar refractivity (Wildman–Crippen MR) is 77.1 cm³/mol. The van der Waals surface area contributed by atoms with Gasteiger partial charge in [-0.2, -0.15) is 0 Å². The number of methoxy groups -OCH3 is 1. The highest BCUT2D eigenvalue weighted by Gasteiger charge is 2.50. The van der Waals surface area contributed by atoms with Crippen LogP contribution in [0.2, 0.25) is 0 Å². The fourth-order valence-corrected chi connectivity index (χ4v) is 4.47. The molecule has 5 unspecified atom stereocenters. The van der Waals surface area contributed by atoms with Crippen molar-refractivity contribution in [1.82, 2.24) is 14.5 Å². The lowest BCUT2D eigenvalue weighted by Crippen LogP contribution is -2.56. The van der Waals surface area contributed by atoms with Crippen molar-refractivity contribution in [2.75, 3.05) is 19.1 Å². The summed E-state index contributed by atoms with van der Waals surface area (Å²) in [5.74, 6) is 2.19. The molecule has 0 spiro atoms. The van der Waals surface area contributed by atoms with E-state index in [9.17, 15) is 0 Å². The number of nitrogens with zero attached hydrogens (tertiary/aromatic N) is 4. The molecule has 3 aliphatic rings. The van der Waals surface area contributed by atoms with Crippen molar-refractivity contribution in [3.63, 3.8) is 0 Å². The zero-order chi connectivity index (χ0) is 13.9. The van der Waals surface area contributed by atoms with Crippen molar-refractivity contribution in [2.24, 2.45) is 11.8 Å². The van der Waals surface area contributed by atoms with Crippen LogP contribution in [0.4, 0.5) is 5.95 Å². The summed E-state index contributed by atoms with van der Waals surface area (Å²) in [6, 6.07) is 0.539. The van der Waals surface area contributed by atoms with Crippen LogP contribution in [0.5, 0.6) is 0 Å². The third kappa shape index (κ3) is 1.44. The van der Waals surface area contributed by atoms with Gasteiger partial charge < -0.3 is 14.2 Å². The number of imidazole rings is 1. The lowest BCUT2D eigenvalue weighted by molar-refractivity contribution is -0.0412. The lowest BCUT2D eigenvalue weighted by Gasteiger charge is -2.51. The van der Waals surface area contributed by atoms with Crippen LogP contribution in [-0.4, -0.2) is 40.9 Å². The van der Waals surface area contributed by atoms with Gasteiger partial charge >= 0.3 is 0 Å². The van der Waals surface area contributed by atoms with Gasteiger partial charge in [0.15, 0.2) is 0 Å². The lowest BCUT2D eigenvalue weighted by atomic mass is 9.72. The van der Waals surface area contributed by atoms with E-state index in [0.717, 1.165) is 12.4 Å². The number of ether oxygens (including phenoxy) is 1. The van der Waals surface area contributed by atoms with E-state index in [1.165, 1.54) is 6.42 Å². The molecule has 20 heavy (non-hydrogen) atoms. The van der Waals surface area contributed by atoms with E-state index in [-0.39, 0.29) is 0 Å². The van der Waals surface area contributed by atoms with Crippen LogP contribution in [-0.2, 0) is 4.74 Å². The van der Waals surface area contributed by atoms with Gasteiger partial charge in [-0.1, -0.05) is 6.92 Å². The summed E-state index contributed by atoms with van der Waals surface area (Å²) >= 11 is 0. The first-order chi connectivity index (χ1) is 9.72. The van der Waals surface area contributed by atoms with Gasteiger partial charge in [-0.15, -0.1) is 0 Å². The van der Waals surface area contributed by atoms with Crippen molar-refractivity contribution in [3.8, 4) is 0 Å². The molecule has 0 bridgehead atoms. The fraction of sp³-hybridized carbons (Fsp3) is 0.667. The highest BCUT2D eigenvalue weighted by molar-refractivity contribution is 5.44. The van der Waals surface area contributed by atoms with Crippen LogP contribution in [0.1, 0.15) is 25.8 Å². The number of hydrogen-bond acceptors (Lipinski definition) is 4. The van der Waals surface area contributed by atoms with Crippen molar-refractivity contribution >= 4 is 5.95 Å². The van der Waals surface area contributed by atoms with Gasteiger partial charge in [0.25, 0.3) is 0 Å². The summed E-state index contributed by atoms with van der Waals surface area (Å²) in [4.78, 5) is 9.21. The Balaban J connectivity index is 1.80. The molecule has 3 heterocycles. The first kappa shape index (κ1) is 12.3. The van der Waals surface area contributed by atoms with Crippen LogP contribution in [0.15, 0.2) is 24.8 Å². The monoisotopic (exact) mass is 274 g/mol. The van der Waals surface area contributed by atoms with Crippen LogP contribution in [0.25, 0.3) is 0 Å². The summed E-state index contributed by atoms with van der Waals surface area (Å²) in [6.45, 7) is 2.34. The molecule has 2 aliphatic heterocycles.